The molecule has 0 spiro atoms. The maximum Gasteiger partial charge on any atom is 0.329 e. The van der Waals surface area contributed by atoms with E-state index in [1.807, 2.05) is 6.92 Å². The number of carboxylic acids is 1. The smallest absolute Gasteiger partial charge is 0.329 e. The molecule has 0 aromatic heterocycles. The molecule has 98 valence electrons. The van der Waals surface area contributed by atoms with Gasteiger partial charge >= 0.3 is 5.97 Å². The molecule has 0 aromatic rings. The van der Waals surface area contributed by atoms with Crippen molar-refractivity contribution in [1.82, 2.24) is 4.90 Å². The second-order valence-corrected chi connectivity index (χ2v) is 5.27. The van der Waals surface area contributed by atoms with Gasteiger partial charge in [-0.2, -0.15) is 0 Å². The Labute approximate surface area is 102 Å². The lowest BCUT2D eigenvalue weighted by Gasteiger charge is -2.47. The summed E-state index contributed by atoms with van der Waals surface area (Å²) in [6.45, 7) is 5.36. The summed E-state index contributed by atoms with van der Waals surface area (Å²) < 4.78 is 10.9. The number of hydrogen-bond acceptors (Lipinski definition) is 4. The molecule has 0 aliphatic carbocycles. The van der Waals surface area contributed by atoms with Crippen molar-refractivity contribution in [2.75, 3.05) is 32.8 Å². The van der Waals surface area contributed by atoms with Gasteiger partial charge in [0.15, 0.2) is 0 Å². The zero-order chi connectivity index (χ0) is 12.3. The summed E-state index contributed by atoms with van der Waals surface area (Å²) in [5, 5.41) is 8.55. The Bertz CT molecular complexity index is 270. The van der Waals surface area contributed by atoms with Crippen LogP contribution in [0.2, 0.25) is 0 Å². The van der Waals surface area contributed by atoms with Gasteiger partial charge in [-0.05, 0) is 26.2 Å². The number of carbonyl (C=O) groups is 1. The molecule has 2 fully saturated rings. The molecule has 2 heterocycles. The van der Waals surface area contributed by atoms with Crippen LogP contribution in [0.25, 0.3) is 0 Å². The van der Waals surface area contributed by atoms with Crippen molar-refractivity contribution >= 4 is 5.97 Å². The molecule has 0 radical (unpaired) electrons. The molecule has 2 saturated heterocycles. The normalized spacial score (nSPS) is 27.9. The molecule has 5 heteroatoms. The lowest BCUT2D eigenvalue weighted by atomic mass is 9.96. The zero-order valence-corrected chi connectivity index (χ0v) is 10.4. The fraction of sp³-hybridized carbons (Fsp3) is 0.917. The summed E-state index contributed by atoms with van der Waals surface area (Å²) in [5.74, 6) is -0.899. The molecule has 0 bridgehead atoms. The maximum absolute atomic E-state index is 10.4. The first-order valence-corrected chi connectivity index (χ1v) is 6.27. The average molecular weight is 243 g/mol. The van der Waals surface area contributed by atoms with Crippen molar-refractivity contribution in [2.45, 2.75) is 37.9 Å². The number of nitrogens with zero attached hydrogens (tertiary/aromatic N) is 1. The van der Waals surface area contributed by atoms with Gasteiger partial charge in [0.2, 0.25) is 0 Å². The minimum Gasteiger partial charge on any atom is -0.480 e. The molecule has 1 unspecified atom stereocenters. The average Bonchev–Trinajstić information content (AvgIpc) is 2.73. The maximum atomic E-state index is 10.4. The Balaban J connectivity index is 1.59. The molecule has 0 saturated carbocycles. The van der Waals surface area contributed by atoms with E-state index in [9.17, 15) is 4.79 Å². The molecule has 1 atom stereocenters. The topological polar surface area (TPSA) is 59.0 Å². The van der Waals surface area contributed by atoms with Crippen LogP contribution in [0.3, 0.4) is 0 Å². The van der Waals surface area contributed by atoms with Gasteiger partial charge in [-0.3, -0.25) is 4.90 Å². The van der Waals surface area contributed by atoms with Gasteiger partial charge in [0.1, 0.15) is 6.61 Å². The molecular weight excluding hydrogens is 222 g/mol. The van der Waals surface area contributed by atoms with Crippen LogP contribution >= 0.6 is 0 Å². The fourth-order valence-electron chi connectivity index (χ4n) is 2.58. The number of carboxylic acid groups (broad SMARTS) is 1. The highest BCUT2D eigenvalue weighted by Crippen LogP contribution is 2.25. The molecule has 0 aromatic carbocycles. The third-order valence-corrected chi connectivity index (χ3v) is 3.45. The van der Waals surface area contributed by atoms with E-state index in [1.165, 1.54) is 12.8 Å². The summed E-state index contributed by atoms with van der Waals surface area (Å²) in [5.41, 5.74) is -0.269. The molecule has 0 amide bonds. The van der Waals surface area contributed by atoms with Crippen LogP contribution in [-0.4, -0.2) is 60.5 Å². The number of likely N-dealkylation sites (tertiary alicyclic amines) is 1. The van der Waals surface area contributed by atoms with E-state index >= 15 is 0 Å². The van der Waals surface area contributed by atoms with Crippen molar-refractivity contribution in [1.29, 1.82) is 0 Å². The number of ether oxygens (including phenoxy) is 2. The standard InChI is InChI=1S/C12H21NO4/c1-12(17-7-11(14)15)8-13(9-12)5-4-10-3-2-6-16-10/h10H,2-9H2,1H3,(H,14,15). The highest BCUT2D eigenvalue weighted by Gasteiger charge is 2.40. The van der Waals surface area contributed by atoms with Crippen molar-refractivity contribution in [3.8, 4) is 0 Å². The predicted octanol–water partition coefficient (Wildman–Crippen LogP) is 0.731. The summed E-state index contributed by atoms with van der Waals surface area (Å²) in [4.78, 5) is 12.7. The highest BCUT2D eigenvalue weighted by atomic mass is 16.5. The summed E-state index contributed by atoms with van der Waals surface area (Å²) >= 11 is 0. The van der Waals surface area contributed by atoms with E-state index in [0.29, 0.717) is 6.10 Å². The number of hydrogen-bond donors (Lipinski definition) is 1. The summed E-state index contributed by atoms with van der Waals surface area (Å²) in [6, 6.07) is 0. The molecule has 2 aliphatic rings. The zero-order valence-electron chi connectivity index (χ0n) is 10.4. The van der Waals surface area contributed by atoms with Crippen LogP contribution in [0.4, 0.5) is 0 Å². The molecule has 17 heavy (non-hydrogen) atoms. The summed E-state index contributed by atoms with van der Waals surface area (Å²) in [7, 11) is 0. The van der Waals surface area contributed by atoms with Crippen LogP contribution in [0, 0.1) is 0 Å². The van der Waals surface area contributed by atoms with E-state index in [1.54, 1.807) is 0 Å². The van der Waals surface area contributed by atoms with E-state index in [-0.39, 0.29) is 12.2 Å². The van der Waals surface area contributed by atoms with Gasteiger partial charge in [0, 0.05) is 26.2 Å². The predicted molar refractivity (Wildman–Crippen MR) is 62.0 cm³/mol. The minimum absolute atomic E-state index is 0.198. The van der Waals surface area contributed by atoms with Crippen LogP contribution < -0.4 is 0 Å². The Kier molecular flexibility index (Phi) is 4.01. The quantitative estimate of drug-likeness (QED) is 0.745. The minimum atomic E-state index is -0.899. The SMILES string of the molecule is CC1(OCC(=O)O)CN(CCC2CCCO2)C1. The largest absolute Gasteiger partial charge is 0.480 e. The molecule has 2 rings (SSSR count). The second kappa shape index (κ2) is 5.33. The van der Waals surface area contributed by atoms with Gasteiger partial charge in [-0.1, -0.05) is 0 Å². The van der Waals surface area contributed by atoms with Gasteiger partial charge in [0.05, 0.1) is 11.7 Å². The van der Waals surface area contributed by atoms with Gasteiger partial charge in [0.25, 0.3) is 0 Å². The van der Waals surface area contributed by atoms with Crippen molar-refractivity contribution in [2.24, 2.45) is 0 Å². The highest BCUT2D eigenvalue weighted by molar-refractivity contribution is 5.68. The van der Waals surface area contributed by atoms with Crippen LogP contribution in [0.15, 0.2) is 0 Å². The van der Waals surface area contributed by atoms with Crippen molar-refractivity contribution in [3.05, 3.63) is 0 Å². The van der Waals surface area contributed by atoms with Crippen LogP contribution in [0.1, 0.15) is 26.2 Å². The van der Waals surface area contributed by atoms with Gasteiger partial charge in [-0.15, -0.1) is 0 Å². The molecule has 2 aliphatic heterocycles. The van der Waals surface area contributed by atoms with Crippen molar-refractivity contribution in [3.63, 3.8) is 0 Å². The molecule has 5 nitrogen and oxygen atoms in total. The van der Waals surface area contributed by atoms with E-state index in [4.69, 9.17) is 14.6 Å². The van der Waals surface area contributed by atoms with E-state index < -0.39 is 5.97 Å². The van der Waals surface area contributed by atoms with Crippen LogP contribution in [0.5, 0.6) is 0 Å². The number of aliphatic carboxylic acids is 1. The first-order chi connectivity index (χ1) is 8.07. The monoisotopic (exact) mass is 243 g/mol. The third-order valence-electron chi connectivity index (χ3n) is 3.45. The van der Waals surface area contributed by atoms with Crippen LogP contribution in [-0.2, 0) is 14.3 Å². The lowest BCUT2D eigenvalue weighted by Crippen LogP contribution is -2.61. The van der Waals surface area contributed by atoms with Gasteiger partial charge < -0.3 is 14.6 Å². The van der Waals surface area contributed by atoms with E-state index in [0.717, 1.165) is 32.7 Å². The first-order valence-electron chi connectivity index (χ1n) is 6.27. The number of rotatable bonds is 6. The Morgan fingerprint density at radius 1 is 1.59 bits per heavy atom. The molecular formula is C12H21NO4. The Morgan fingerprint density at radius 2 is 2.35 bits per heavy atom. The molecule has 1 N–H and O–H groups in total. The first kappa shape index (κ1) is 12.8. The Morgan fingerprint density at radius 3 is 2.94 bits per heavy atom. The second-order valence-electron chi connectivity index (χ2n) is 5.27. The lowest BCUT2D eigenvalue weighted by molar-refractivity contribution is -0.165. The Hall–Kier alpha value is -0.650. The third kappa shape index (κ3) is 3.66. The fourth-order valence-corrected chi connectivity index (χ4v) is 2.58. The van der Waals surface area contributed by atoms with Crippen molar-refractivity contribution < 1.29 is 19.4 Å². The van der Waals surface area contributed by atoms with Gasteiger partial charge in [-0.25, -0.2) is 4.79 Å². The van der Waals surface area contributed by atoms with E-state index in [2.05, 4.69) is 4.90 Å². The summed E-state index contributed by atoms with van der Waals surface area (Å²) in [6.07, 6.45) is 3.88.